The molecule has 0 aromatic heterocycles. The number of hydrazine groups is 1. The SMILES string of the molecule is Cc1ccccc1CC(=O)NNc1ccccc1C(F)(F)F. The Labute approximate surface area is 126 Å². The maximum Gasteiger partial charge on any atom is 0.418 e. The molecule has 0 aliphatic rings. The lowest BCUT2D eigenvalue weighted by atomic mass is 10.1. The molecule has 0 saturated heterocycles. The molecule has 0 spiro atoms. The van der Waals surface area contributed by atoms with Crippen LogP contribution in [0.25, 0.3) is 0 Å². The number of hydrogen-bond donors (Lipinski definition) is 2. The van der Waals surface area contributed by atoms with E-state index in [1.807, 2.05) is 25.1 Å². The van der Waals surface area contributed by atoms with Crippen LogP contribution in [0, 0.1) is 6.92 Å². The number of carbonyl (C=O) groups excluding carboxylic acids is 1. The molecule has 0 atom stereocenters. The first-order chi connectivity index (χ1) is 10.4. The third-order valence-corrected chi connectivity index (χ3v) is 3.18. The van der Waals surface area contributed by atoms with Crippen LogP contribution in [0.15, 0.2) is 48.5 Å². The van der Waals surface area contributed by atoms with E-state index in [0.717, 1.165) is 17.2 Å². The van der Waals surface area contributed by atoms with Gasteiger partial charge in [0.2, 0.25) is 5.91 Å². The van der Waals surface area contributed by atoms with E-state index >= 15 is 0 Å². The Morgan fingerprint density at radius 3 is 2.36 bits per heavy atom. The van der Waals surface area contributed by atoms with Gasteiger partial charge in [-0.1, -0.05) is 36.4 Å². The molecule has 0 unspecified atom stereocenters. The zero-order valence-electron chi connectivity index (χ0n) is 11.9. The van der Waals surface area contributed by atoms with Gasteiger partial charge in [-0.3, -0.25) is 15.6 Å². The number of para-hydroxylation sites is 1. The number of anilines is 1. The predicted molar refractivity (Wildman–Crippen MR) is 78.1 cm³/mol. The molecule has 0 aliphatic carbocycles. The predicted octanol–water partition coefficient (Wildman–Crippen LogP) is 3.70. The summed E-state index contributed by atoms with van der Waals surface area (Å²) < 4.78 is 38.5. The van der Waals surface area contributed by atoms with Crippen molar-refractivity contribution in [3.8, 4) is 0 Å². The molecular weight excluding hydrogens is 293 g/mol. The maximum absolute atomic E-state index is 12.8. The fraction of sp³-hybridized carbons (Fsp3) is 0.188. The van der Waals surface area contributed by atoms with Crippen LogP contribution in [0.3, 0.4) is 0 Å². The summed E-state index contributed by atoms with van der Waals surface area (Å²) >= 11 is 0. The van der Waals surface area contributed by atoms with Gasteiger partial charge in [0, 0.05) is 0 Å². The normalized spacial score (nSPS) is 11.1. The van der Waals surface area contributed by atoms with E-state index < -0.39 is 17.6 Å². The third-order valence-electron chi connectivity index (χ3n) is 3.18. The lowest BCUT2D eigenvalue weighted by Gasteiger charge is -2.15. The zero-order valence-corrected chi connectivity index (χ0v) is 11.9. The Bertz CT molecular complexity index is 668. The van der Waals surface area contributed by atoms with Crippen molar-refractivity contribution >= 4 is 11.6 Å². The highest BCUT2D eigenvalue weighted by molar-refractivity contribution is 5.80. The van der Waals surface area contributed by atoms with E-state index in [0.29, 0.717) is 0 Å². The molecule has 1 amide bonds. The molecule has 0 bridgehead atoms. The molecule has 0 heterocycles. The summed E-state index contributed by atoms with van der Waals surface area (Å²) in [6.45, 7) is 1.87. The number of rotatable bonds is 4. The number of hydrogen-bond acceptors (Lipinski definition) is 2. The topological polar surface area (TPSA) is 41.1 Å². The van der Waals surface area contributed by atoms with Crippen molar-refractivity contribution in [2.75, 3.05) is 5.43 Å². The van der Waals surface area contributed by atoms with Crippen LogP contribution in [0.1, 0.15) is 16.7 Å². The number of aryl methyl sites for hydroxylation is 1. The van der Waals surface area contributed by atoms with Gasteiger partial charge >= 0.3 is 6.18 Å². The molecular formula is C16H15F3N2O. The average molecular weight is 308 g/mol. The van der Waals surface area contributed by atoms with E-state index in [-0.39, 0.29) is 12.1 Å². The van der Waals surface area contributed by atoms with Gasteiger partial charge in [-0.25, -0.2) is 0 Å². The zero-order chi connectivity index (χ0) is 16.2. The molecule has 6 heteroatoms. The summed E-state index contributed by atoms with van der Waals surface area (Å²) in [5, 5.41) is 0. The summed E-state index contributed by atoms with van der Waals surface area (Å²) in [6, 6.07) is 12.3. The minimum atomic E-state index is -4.48. The van der Waals surface area contributed by atoms with E-state index in [1.165, 1.54) is 18.2 Å². The van der Waals surface area contributed by atoms with E-state index in [2.05, 4.69) is 10.9 Å². The van der Waals surface area contributed by atoms with Gasteiger partial charge in [-0.2, -0.15) is 13.2 Å². The fourth-order valence-corrected chi connectivity index (χ4v) is 2.00. The van der Waals surface area contributed by atoms with Crippen molar-refractivity contribution < 1.29 is 18.0 Å². The largest absolute Gasteiger partial charge is 0.418 e. The number of carbonyl (C=O) groups is 1. The number of nitrogens with one attached hydrogen (secondary N) is 2. The first kappa shape index (κ1) is 15.9. The standard InChI is InChI=1S/C16H15F3N2O/c1-11-6-2-3-7-12(11)10-15(22)21-20-14-9-5-4-8-13(14)16(17,18)19/h2-9,20H,10H2,1H3,(H,21,22). The Hall–Kier alpha value is -2.50. The Morgan fingerprint density at radius 2 is 1.68 bits per heavy atom. The summed E-state index contributed by atoms with van der Waals surface area (Å²) in [6.07, 6.45) is -4.39. The molecule has 0 radical (unpaired) electrons. The Morgan fingerprint density at radius 1 is 1.05 bits per heavy atom. The van der Waals surface area contributed by atoms with Gasteiger partial charge in [-0.15, -0.1) is 0 Å². The first-order valence-electron chi connectivity index (χ1n) is 6.63. The average Bonchev–Trinajstić information content (AvgIpc) is 2.47. The molecule has 2 aromatic carbocycles. The van der Waals surface area contributed by atoms with Gasteiger partial charge in [0.15, 0.2) is 0 Å². The second kappa shape index (κ2) is 6.51. The smallest absolute Gasteiger partial charge is 0.298 e. The first-order valence-corrected chi connectivity index (χ1v) is 6.63. The van der Waals surface area contributed by atoms with Crippen LogP contribution in [0.2, 0.25) is 0 Å². The summed E-state index contributed by atoms with van der Waals surface area (Å²) in [7, 11) is 0. The fourth-order valence-electron chi connectivity index (χ4n) is 2.00. The van der Waals surface area contributed by atoms with Crippen LogP contribution >= 0.6 is 0 Å². The molecule has 116 valence electrons. The van der Waals surface area contributed by atoms with Crippen LogP contribution in [0.5, 0.6) is 0 Å². The number of amides is 1. The van der Waals surface area contributed by atoms with Gasteiger partial charge in [0.25, 0.3) is 0 Å². The van der Waals surface area contributed by atoms with Crippen molar-refractivity contribution in [1.82, 2.24) is 5.43 Å². The molecule has 22 heavy (non-hydrogen) atoms. The van der Waals surface area contributed by atoms with Crippen LogP contribution in [-0.4, -0.2) is 5.91 Å². The lowest BCUT2D eigenvalue weighted by molar-refractivity contribution is -0.137. The third kappa shape index (κ3) is 4.00. The van der Waals surface area contributed by atoms with Crippen molar-refractivity contribution in [2.45, 2.75) is 19.5 Å². The second-order valence-corrected chi connectivity index (χ2v) is 4.82. The molecule has 2 N–H and O–H groups in total. The van der Waals surface area contributed by atoms with Gasteiger partial charge in [0.1, 0.15) is 0 Å². The molecule has 0 fully saturated rings. The molecule has 3 nitrogen and oxygen atoms in total. The highest BCUT2D eigenvalue weighted by atomic mass is 19.4. The van der Waals surface area contributed by atoms with Gasteiger partial charge in [-0.05, 0) is 30.2 Å². The number of benzene rings is 2. The molecule has 2 rings (SSSR count). The van der Waals surface area contributed by atoms with Crippen molar-refractivity contribution in [3.63, 3.8) is 0 Å². The van der Waals surface area contributed by atoms with Crippen molar-refractivity contribution in [1.29, 1.82) is 0 Å². The number of alkyl halides is 3. The monoisotopic (exact) mass is 308 g/mol. The summed E-state index contributed by atoms with van der Waals surface area (Å²) in [5.41, 5.74) is 5.40. The Balaban J connectivity index is 2.02. The van der Waals surface area contributed by atoms with Gasteiger partial charge in [0.05, 0.1) is 17.7 Å². The Kier molecular flexibility index (Phi) is 4.70. The second-order valence-electron chi connectivity index (χ2n) is 4.82. The highest BCUT2D eigenvalue weighted by Crippen LogP contribution is 2.34. The van der Waals surface area contributed by atoms with E-state index in [4.69, 9.17) is 0 Å². The highest BCUT2D eigenvalue weighted by Gasteiger charge is 2.33. The van der Waals surface area contributed by atoms with Crippen LogP contribution < -0.4 is 10.9 Å². The van der Waals surface area contributed by atoms with Crippen molar-refractivity contribution in [3.05, 3.63) is 65.2 Å². The van der Waals surface area contributed by atoms with Crippen molar-refractivity contribution in [2.24, 2.45) is 0 Å². The summed E-state index contributed by atoms with van der Waals surface area (Å²) in [5.74, 6) is -0.411. The molecule has 0 saturated carbocycles. The minimum Gasteiger partial charge on any atom is -0.298 e. The molecule has 2 aromatic rings. The molecule has 0 aliphatic heterocycles. The van der Waals surface area contributed by atoms with E-state index in [1.54, 1.807) is 6.07 Å². The quantitative estimate of drug-likeness (QED) is 0.846. The van der Waals surface area contributed by atoms with Crippen LogP contribution in [-0.2, 0) is 17.4 Å². The van der Waals surface area contributed by atoms with E-state index in [9.17, 15) is 18.0 Å². The maximum atomic E-state index is 12.8. The summed E-state index contributed by atoms with van der Waals surface area (Å²) in [4.78, 5) is 11.8. The lowest BCUT2D eigenvalue weighted by Crippen LogP contribution is -2.31. The minimum absolute atomic E-state index is 0.0911. The van der Waals surface area contributed by atoms with Crippen LogP contribution in [0.4, 0.5) is 18.9 Å². The van der Waals surface area contributed by atoms with Gasteiger partial charge < -0.3 is 0 Å². The number of halogens is 3.